The van der Waals surface area contributed by atoms with Crippen LogP contribution in [0.5, 0.6) is 0 Å². The third kappa shape index (κ3) is 2.01. The zero-order valence-electron chi connectivity index (χ0n) is 8.35. The fourth-order valence-electron chi connectivity index (χ4n) is 1.42. The lowest BCUT2D eigenvalue weighted by molar-refractivity contribution is 0.507. The summed E-state index contributed by atoms with van der Waals surface area (Å²) in [6, 6.07) is 2.70. The van der Waals surface area contributed by atoms with Gasteiger partial charge in [0.25, 0.3) is 0 Å². The normalized spacial score (nSPS) is 10.4. The van der Waals surface area contributed by atoms with Crippen LogP contribution in [0.25, 0.3) is 0 Å². The molecule has 1 rings (SSSR count). The molecule has 0 saturated heterocycles. The van der Waals surface area contributed by atoms with Crippen molar-refractivity contribution in [3.05, 3.63) is 29.3 Å². The van der Waals surface area contributed by atoms with E-state index < -0.39 is 11.6 Å². The first-order valence-corrected chi connectivity index (χ1v) is 4.42. The molecule has 4 heteroatoms. The molecule has 0 unspecified atom stereocenters. The van der Waals surface area contributed by atoms with Crippen LogP contribution in [0, 0.1) is 11.6 Å². The van der Waals surface area contributed by atoms with Crippen molar-refractivity contribution in [1.82, 2.24) is 0 Å². The summed E-state index contributed by atoms with van der Waals surface area (Å²) in [5, 5.41) is 0. The second kappa shape index (κ2) is 4.37. The van der Waals surface area contributed by atoms with E-state index in [4.69, 9.17) is 5.73 Å². The van der Waals surface area contributed by atoms with Crippen molar-refractivity contribution in [1.29, 1.82) is 0 Å². The molecule has 2 nitrogen and oxygen atoms in total. The maximum absolute atomic E-state index is 13.4. The van der Waals surface area contributed by atoms with E-state index in [9.17, 15) is 8.78 Å². The molecule has 0 spiro atoms. The Morgan fingerprint density at radius 3 is 2.43 bits per heavy atom. The van der Waals surface area contributed by atoms with Gasteiger partial charge in [-0.05, 0) is 24.6 Å². The Kier molecular flexibility index (Phi) is 3.41. The summed E-state index contributed by atoms with van der Waals surface area (Å²) in [7, 11) is 3.36. The number of hydrogen-bond acceptors (Lipinski definition) is 2. The van der Waals surface area contributed by atoms with Crippen LogP contribution >= 0.6 is 0 Å². The minimum atomic E-state index is -0.825. The number of anilines is 1. The Hall–Kier alpha value is -1.16. The Morgan fingerprint density at radius 2 is 1.93 bits per heavy atom. The first-order chi connectivity index (χ1) is 6.57. The highest BCUT2D eigenvalue weighted by Crippen LogP contribution is 2.25. The third-order valence-corrected chi connectivity index (χ3v) is 2.01. The van der Waals surface area contributed by atoms with Crippen LogP contribution < -0.4 is 10.6 Å². The van der Waals surface area contributed by atoms with Crippen molar-refractivity contribution < 1.29 is 8.78 Å². The highest BCUT2D eigenvalue weighted by molar-refractivity contribution is 5.54. The fraction of sp³-hybridized carbons (Fsp3) is 0.400. The van der Waals surface area contributed by atoms with E-state index in [0.29, 0.717) is 13.0 Å². The zero-order chi connectivity index (χ0) is 10.7. The lowest BCUT2D eigenvalue weighted by atomic mass is 10.1. The average molecular weight is 200 g/mol. The lowest BCUT2D eigenvalue weighted by Crippen LogP contribution is -2.16. The van der Waals surface area contributed by atoms with Crippen molar-refractivity contribution >= 4 is 5.69 Å². The van der Waals surface area contributed by atoms with E-state index in [1.54, 1.807) is 25.1 Å². The van der Waals surface area contributed by atoms with Gasteiger partial charge in [-0.25, -0.2) is 8.78 Å². The summed E-state index contributed by atoms with van der Waals surface area (Å²) >= 11 is 0. The second-order valence-electron chi connectivity index (χ2n) is 3.30. The monoisotopic (exact) mass is 200 g/mol. The van der Waals surface area contributed by atoms with Gasteiger partial charge in [-0.15, -0.1) is 0 Å². The fourth-order valence-corrected chi connectivity index (χ4v) is 1.42. The van der Waals surface area contributed by atoms with E-state index >= 15 is 0 Å². The quantitative estimate of drug-likeness (QED) is 0.801. The second-order valence-corrected chi connectivity index (χ2v) is 3.30. The summed E-state index contributed by atoms with van der Waals surface area (Å²) in [4.78, 5) is 1.56. The van der Waals surface area contributed by atoms with Crippen molar-refractivity contribution in [2.75, 3.05) is 25.5 Å². The molecule has 1 aromatic carbocycles. The van der Waals surface area contributed by atoms with Gasteiger partial charge < -0.3 is 10.6 Å². The highest BCUT2D eigenvalue weighted by Gasteiger charge is 2.14. The first kappa shape index (κ1) is 10.9. The van der Waals surface area contributed by atoms with Crippen LogP contribution in [-0.4, -0.2) is 20.6 Å². The Bertz CT molecular complexity index is 324. The molecule has 78 valence electrons. The lowest BCUT2D eigenvalue weighted by Gasteiger charge is -2.18. The van der Waals surface area contributed by atoms with Crippen LogP contribution in [-0.2, 0) is 6.42 Å². The molecule has 1 aromatic rings. The third-order valence-electron chi connectivity index (χ3n) is 2.01. The largest absolute Gasteiger partial charge is 0.375 e. The van der Waals surface area contributed by atoms with Gasteiger partial charge in [0.2, 0.25) is 0 Å². The van der Waals surface area contributed by atoms with E-state index in [-0.39, 0.29) is 5.69 Å². The zero-order valence-corrected chi connectivity index (χ0v) is 8.35. The molecule has 0 aliphatic rings. The van der Waals surface area contributed by atoms with Crippen LogP contribution in [0.4, 0.5) is 14.5 Å². The number of hydrogen-bond donors (Lipinski definition) is 1. The summed E-state index contributed by atoms with van der Waals surface area (Å²) in [5.41, 5.74) is 6.40. The van der Waals surface area contributed by atoms with E-state index in [1.165, 1.54) is 0 Å². The Labute approximate surface area is 82.3 Å². The summed E-state index contributed by atoms with van der Waals surface area (Å²) in [6.07, 6.45) is 0.546. The minimum Gasteiger partial charge on any atom is -0.375 e. The van der Waals surface area contributed by atoms with E-state index in [0.717, 1.165) is 11.6 Å². The standard InChI is InChI=1S/C10H14F2N2/c1-14(2)10-7(5-6-13)3-4-8(11)9(10)12/h3-4H,5-6,13H2,1-2H3. The Balaban J connectivity index is 3.23. The number of nitrogens with zero attached hydrogens (tertiary/aromatic N) is 1. The molecule has 14 heavy (non-hydrogen) atoms. The summed E-state index contributed by atoms with van der Waals surface area (Å²) in [6.45, 7) is 0.423. The van der Waals surface area contributed by atoms with Crippen LogP contribution in [0.1, 0.15) is 5.56 Å². The van der Waals surface area contributed by atoms with Crippen molar-refractivity contribution in [2.24, 2.45) is 5.73 Å². The minimum absolute atomic E-state index is 0.287. The predicted octanol–water partition coefficient (Wildman–Crippen LogP) is 1.53. The van der Waals surface area contributed by atoms with Gasteiger partial charge in [0, 0.05) is 14.1 Å². The van der Waals surface area contributed by atoms with Crippen LogP contribution in [0.3, 0.4) is 0 Å². The van der Waals surface area contributed by atoms with E-state index in [1.807, 2.05) is 0 Å². The molecule has 0 radical (unpaired) electrons. The molecular formula is C10H14F2N2. The summed E-state index contributed by atoms with van der Waals surface area (Å²) < 4.78 is 26.3. The smallest absolute Gasteiger partial charge is 0.182 e. The molecule has 0 aliphatic heterocycles. The maximum Gasteiger partial charge on any atom is 0.182 e. The van der Waals surface area contributed by atoms with Gasteiger partial charge in [-0.1, -0.05) is 6.07 Å². The maximum atomic E-state index is 13.4. The van der Waals surface area contributed by atoms with Crippen LogP contribution in [0.15, 0.2) is 12.1 Å². The Morgan fingerprint density at radius 1 is 1.29 bits per heavy atom. The first-order valence-electron chi connectivity index (χ1n) is 4.42. The molecule has 0 heterocycles. The molecule has 0 fully saturated rings. The van der Waals surface area contributed by atoms with Crippen molar-refractivity contribution in [3.63, 3.8) is 0 Å². The molecule has 0 saturated carbocycles. The summed E-state index contributed by atoms with van der Waals surface area (Å²) in [5.74, 6) is -1.63. The van der Waals surface area contributed by atoms with Gasteiger partial charge in [0.1, 0.15) is 0 Å². The molecule has 0 aliphatic carbocycles. The molecule has 0 amide bonds. The topological polar surface area (TPSA) is 29.3 Å². The number of rotatable bonds is 3. The molecular weight excluding hydrogens is 186 g/mol. The van der Waals surface area contributed by atoms with Crippen molar-refractivity contribution in [3.8, 4) is 0 Å². The molecule has 0 bridgehead atoms. The SMILES string of the molecule is CN(C)c1c(CCN)ccc(F)c1F. The highest BCUT2D eigenvalue weighted by atomic mass is 19.2. The van der Waals surface area contributed by atoms with Gasteiger partial charge in [0.15, 0.2) is 11.6 Å². The van der Waals surface area contributed by atoms with Gasteiger partial charge in [0.05, 0.1) is 5.69 Å². The molecule has 0 atom stereocenters. The number of halogens is 2. The van der Waals surface area contributed by atoms with Crippen molar-refractivity contribution in [2.45, 2.75) is 6.42 Å². The predicted molar refractivity (Wildman–Crippen MR) is 53.4 cm³/mol. The average Bonchev–Trinajstić information content (AvgIpc) is 2.11. The van der Waals surface area contributed by atoms with Gasteiger partial charge in [-0.2, -0.15) is 0 Å². The molecule has 2 N–H and O–H groups in total. The molecule has 0 aromatic heterocycles. The van der Waals surface area contributed by atoms with E-state index in [2.05, 4.69) is 0 Å². The number of nitrogens with two attached hydrogens (primary N) is 1. The number of benzene rings is 1. The van der Waals surface area contributed by atoms with Gasteiger partial charge in [-0.3, -0.25) is 0 Å². The van der Waals surface area contributed by atoms with Crippen LogP contribution in [0.2, 0.25) is 0 Å². The van der Waals surface area contributed by atoms with Gasteiger partial charge >= 0.3 is 0 Å².